The van der Waals surface area contributed by atoms with Gasteiger partial charge < -0.3 is 15.0 Å². The van der Waals surface area contributed by atoms with E-state index < -0.39 is 0 Å². The average Bonchev–Trinajstić information content (AvgIpc) is 2.40. The third-order valence-electron chi connectivity index (χ3n) is 3.14. The standard InChI is InChI=1S/C13H21N3OS/c1-16(2)11-4-7-14-13(17-3)12(11)15-10-5-8-18-9-6-10/h4,7,10,15H,5-6,8-9H2,1-3H3. The van der Waals surface area contributed by atoms with E-state index in [1.807, 2.05) is 31.9 Å². The van der Waals surface area contributed by atoms with Crippen LogP contribution in [0.1, 0.15) is 12.8 Å². The molecule has 1 N–H and O–H groups in total. The SMILES string of the molecule is COc1nccc(N(C)C)c1NC1CCSCC1. The van der Waals surface area contributed by atoms with Crippen molar-refractivity contribution >= 4 is 23.1 Å². The number of nitrogens with zero attached hydrogens (tertiary/aromatic N) is 2. The lowest BCUT2D eigenvalue weighted by atomic mass is 10.1. The van der Waals surface area contributed by atoms with E-state index in [0.717, 1.165) is 11.4 Å². The Kier molecular flexibility index (Phi) is 4.58. The number of anilines is 2. The molecular weight excluding hydrogens is 246 g/mol. The van der Waals surface area contributed by atoms with Gasteiger partial charge >= 0.3 is 0 Å². The van der Waals surface area contributed by atoms with Crippen molar-refractivity contribution in [3.63, 3.8) is 0 Å². The van der Waals surface area contributed by atoms with E-state index in [1.165, 1.54) is 24.3 Å². The minimum atomic E-state index is 0.531. The molecule has 4 nitrogen and oxygen atoms in total. The average molecular weight is 267 g/mol. The molecule has 0 atom stereocenters. The second-order valence-electron chi connectivity index (χ2n) is 4.64. The first-order valence-electron chi connectivity index (χ1n) is 6.27. The first-order chi connectivity index (χ1) is 8.72. The van der Waals surface area contributed by atoms with Gasteiger partial charge in [-0.2, -0.15) is 11.8 Å². The van der Waals surface area contributed by atoms with Crippen LogP contribution < -0.4 is 15.0 Å². The van der Waals surface area contributed by atoms with Crippen LogP contribution in [0.3, 0.4) is 0 Å². The van der Waals surface area contributed by atoms with Crippen LogP contribution in [0.15, 0.2) is 12.3 Å². The topological polar surface area (TPSA) is 37.4 Å². The van der Waals surface area contributed by atoms with E-state index in [0.29, 0.717) is 11.9 Å². The van der Waals surface area contributed by atoms with Crippen LogP contribution in [0, 0.1) is 0 Å². The van der Waals surface area contributed by atoms with Crippen molar-refractivity contribution in [3.8, 4) is 5.88 Å². The lowest BCUT2D eigenvalue weighted by Gasteiger charge is -2.27. The van der Waals surface area contributed by atoms with Crippen molar-refractivity contribution in [2.24, 2.45) is 0 Å². The van der Waals surface area contributed by atoms with Gasteiger partial charge in [0.25, 0.3) is 0 Å². The lowest BCUT2D eigenvalue weighted by Crippen LogP contribution is -2.26. The normalized spacial score (nSPS) is 16.4. The Balaban J connectivity index is 2.22. The van der Waals surface area contributed by atoms with Crippen LogP contribution >= 0.6 is 11.8 Å². The second-order valence-corrected chi connectivity index (χ2v) is 5.86. The first kappa shape index (κ1) is 13.3. The molecule has 2 heterocycles. The summed E-state index contributed by atoms with van der Waals surface area (Å²) in [7, 11) is 5.75. The molecule has 2 rings (SSSR count). The third kappa shape index (κ3) is 3.02. The molecule has 1 fully saturated rings. The molecule has 0 spiro atoms. The number of aromatic nitrogens is 1. The smallest absolute Gasteiger partial charge is 0.239 e. The van der Waals surface area contributed by atoms with Gasteiger partial charge in [0.15, 0.2) is 0 Å². The molecule has 0 saturated carbocycles. The summed E-state index contributed by atoms with van der Waals surface area (Å²) in [6, 6.07) is 2.55. The highest BCUT2D eigenvalue weighted by molar-refractivity contribution is 7.99. The third-order valence-corrected chi connectivity index (χ3v) is 4.19. The number of methoxy groups -OCH3 is 1. The number of rotatable bonds is 4. The zero-order chi connectivity index (χ0) is 13.0. The van der Waals surface area contributed by atoms with E-state index in [4.69, 9.17) is 4.74 Å². The summed E-state index contributed by atoms with van der Waals surface area (Å²) in [5.74, 6) is 3.15. The van der Waals surface area contributed by atoms with E-state index in [-0.39, 0.29) is 0 Å². The van der Waals surface area contributed by atoms with Crippen LogP contribution in [0.5, 0.6) is 5.88 Å². The van der Waals surface area contributed by atoms with Crippen LogP contribution in [0.25, 0.3) is 0 Å². The molecule has 1 aliphatic heterocycles. The summed E-state index contributed by atoms with van der Waals surface area (Å²) in [5, 5.41) is 3.61. The van der Waals surface area contributed by atoms with Crippen LogP contribution in [0.4, 0.5) is 11.4 Å². The van der Waals surface area contributed by atoms with E-state index >= 15 is 0 Å². The Morgan fingerprint density at radius 3 is 2.72 bits per heavy atom. The van der Waals surface area contributed by atoms with Gasteiger partial charge in [0.05, 0.1) is 12.8 Å². The highest BCUT2D eigenvalue weighted by atomic mass is 32.2. The van der Waals surface area contributed by atoms with Crippen LogP contribution in [-0.4, -0.2) is 43.7 Å². The molecule has 100 valence electrons. The molecule has 1 aliphatic rings. The number of hydrogen-bond donors (Lipinski definition) is 1. The molecule has 0 aromatic carbocycles. The van der Waals surface area contributed by atoms with Gasteiger partial charge in [0, 0.05) is 26.3 Å². The fourth-order valence-electron chi connectivity index (χ4n) is 2.14. The fraction of sp³-hybridized carbons (Fsp3) is 0.615. The minimum Gasteiger partial charge on any atom is -0.479 e. The Labute approximate surface area is 113 Å². The monoisotopic (exact) mass is 267 g/mol. The second kappa shape index (κ2) is 6.18. The Morgan fingerprint density at radius 2 is 2.11 bits per heavy atom. The van der Waals surface area contributed by atoms with Crippen molar-refractivity contribution in [2.45, 2.75) is 18.9 Å². The maximum Gasteiger partial charge on any atom is 0.239 e. The molecule has 1 saturated heterocycles. The maximum absolute atomic E-state index is 5.37. The highest BCUT2D eigenvalue weighted by Crippen LogP contribution is 2.34. The molecule has 0 bridgehead atoms. The number of pyridine rings is 1. The molecule has 5 heteroatoms. The molecule has 1 aromatic rings. The van der Waals surface area contributed by atoms with Gasteiger partial charge in [-0.25, -0.2) is 4.98 Å². The maximum atomic E-state index is 5.37. The number of thioether (sulfide) groups is 1. The van der Waals surface area contributed by atoms with Crippen LogP contribution in [0.2, 0.25) is 0 Å². The molecule has 18 heavy (non-hydrogen) atoms. The summed E-state index contributed by atoms with van der Waals surface area (Å²) in [6.45, 7) is 0. The van der Waals surface area contributed by atoms with E-state index in [1.54, 1.807) is 13.3 Å². The number of nitrogens with one attached hydrogen (secondary N) is 1. The first-order valence-corrected chi connectivity index (χ1v) is 7.42. The summed E-state index contributed by atoms with van der Waals surface area (Å²) in [6.07, 6.45) is 4.20. The van der Waals surface area contributed by atoms with Crippen molar-refractivity contribution < 1.29 is 4.74 Å². The summed E-state index contributed by atoms with van der Waals surface area (Å²) in [5.41, 5.74) is 2.14. The molecule has 0 aliphatic carbocycles. The fourth-order valence-corrected chi connectivity index (χ4v) is 3.25. The number of hydrogen-bond acceptors (Lipinski definition) is 5. The summed E-state index contributed by atoms with van der Waals surface area (Å²) in [4.78, 5) is 6.38. The Hall–Kier alpha value is -1.10. The quantitative estimate of drug-likeness (QED) is 0.907. The van der Waals surface area contributed by atoms with Crippen LogP contribution in [-0.2, 0) is 0 Å². The summed E-state index contributed by atoms with van der Waals surface area (Å²) < 4.78 is 5.37. The van der Waals surface area contributed by atoms with Crippen molar-refractivity contribution in [1.29, 1.82) is 0 Å². The van der Waals surface area contributed by atoms with Gasteiger partial charge in [-0.1, -0.05) is 0 Å². The van der Waals surface area contributed by atoms with Gasteiger partial charge in [0.2, 0.25) is 5.88 Å². The van der Waals surface area contributed by atoms with Gasteiger partial charge in [-0.15, -0.1) is 0 Å². The molecule has 1 aromatic heterocycles. The zero-order valence-electron chi connectivity index (χ0n) is 11.3. The Morgan fingerprint density at radius 1 is 1.39 bits per heavy atom. The van der Waals surface area contributed by atoms with Crippen molar-refractivity contribution in [2.75, 3.05) is 42.9 Å². The lowest BCUT2D eigenvalue weighted by molar-refractivity contribution is 0.399. The zero-order valence-corrected chi connectivity index (χ0v) is 12.1. The van der Waals surface area contributed by atoms with Gasteiger partial charge in [-0.05, 0) is 30.4 Å². The minimum absolute atomic E-state index is 0.531. The predicted molar refractivity (Wildman–Crippen MR) is 79.1 cm³/mol. The van der Waals surface area contributed by atoms with E-state index in [2.05, 4.69) is 15.2 Å². The largest absolute Gasteiger partial charge is 0.479 e. The molecule has 0 unspecified atom stereocenters. The van der Waals surface area contributed by atoms with Crippen molar-refractivity contribution in [1.82, 2.24) is 4.98 Å². The Bertz CT molecular complexity index is 392. The summed E-state index contributed by atoms with van der Waals surface area (Å²) >= 11 is 2.03. The number of ether oxygens (including phenoxy) is 1. The molecule has 0 amide bonds. The molecular formula is C13H21N3OS. The highest BCUT2D eigenvalue weighted by Gasteiger charge is 2.18. The van der Waals surface area contributed by atoms with Gasteiger partial charge in [0.1, 0.15) is 5.69 Å². The van der Waals surface area contributed by atoms with E-state index in [9.17, 15) is 0 Å². The predicted octanol–water partition coefficient (Wildman–Crippen LogP) is 2.46. The van der Waals surface area contributed by atoms with Crippen molar-refractivity contribution in [3.05, 3.63) is 12.3 Å². The molecule has 0 radical (unpaired) electrons. The van der Waals surface area contributed by atoms with Gasteiger partial charge in [-0.3, -0.25) is 0 Å².